The Hall–Kier alpha value is -3.28. The van der Waals surface area contributed by atoms with Gasteiger partial charge in [-0.3, -0.25) is 14.6 Å². The third kappa shape index (κ3) is 7.12. The third-order valence-electron chi connectivity index (χ3n) is 5.09. The van der Waals surface area contributed by atoms with Gasteiger partial charge in [-0.25, -0.2) is 18.4 Å². The van der Waals surface area contributed by atoms with E-state index in [9.17, 15) is 23.1 Å². The number of anilines is 2. The highest BCUT2D eigenvalue weighted by atomic mass is 35.5. The fourth-order valence-electron chi connectivity index (χ4n) is 3.28. The molecule has 3 aromatic rings. The van der Waals surface area contributed by atoms with Gasteiger partial charge in [0, 0.05) is 30.7 Å². The lowest BCUT2D eigenvalue weighted by molar-refractivity contribution is -0.141. The molecule has 2 heterocycles. The Labute approximate surface area is 218 Å². The molecule has 190 valence electrons. The average molecular weight is 552 g/mol. The van der Waals surface area contributed by atoms with E-state index in [4.69, 9.17) is 23.2 Å². The zero-order valence-corrected chi connectivity index (χ0v) is 21.4. The lowest BCUT2D eigenvalue weighted by atomic mass is 9.99. The smallest absolute Gasteiger partial charge is 0.308 e. The van der Waals surface area contributed by atoms with Crippen LogP contribution in [0.15, 0.2) is 54.1 Å². The summed E-state index contributed by atoms with van der Waals surface area (Å²) in [6.07, 6.45) is 4.39. The van der Waals surface area contributed by atoms with Gasteiger partial charge in [0.2, 0.25) is 0 Å². The molecule has 10 nitrogen and oxygen atoms in total. The SMILES string of the molecule is CCCS(=O)(=O)c1cc(NCC(Cc2ccc(NC(=O)c3c(Cl)cncc3Cl)cc2)C(=O)O)ncn1. The number of carbonyl (C=O) groups excluding carboxylic acids is 1. The number of rotatable bonds is 11. The van der Waals surface area contributed by atoms with E-state index in [1.165, 1.54) is 18.5 Å². The Morgan fingerprint density at radius 1 is 1.08 bits per heavy atom. The van der Waals surface area contributed by atoms with Gasteiger partial charge in [0.05, 0.1) is 27.3 Å². The zero-order valence-electron chi connectivity index (χ0n) is 19.1. The zero-order chi connectivity index (χ0) is 26.3. The maximum atomic E-state index is 12.5. The van der Waals surface area contributed by atoms with Crippen LogP contribution < -0.4 is 10.6 Å². The summed E-state index contributed by atoms with van der Waals surface area (Å²) in [5.41, 5.74) is 1.29. The van der Waals surface area contributed by atoms with Crippen LogP contribution in [0.3, 0.4) is 0 Å². The number of hydrogen-bond acceptors (Lipinski definition) is 8. The number of pyridine rings is 1. The Kier molecular flexibility index (Phi) is 9.19. The van der Waals surface area contributed by atoms with Gasteiger partial charge in [-0.05, 0) is 30.5 Å². The first kappa shape index (κ1) is 27.3. The molecule has 1 atom stereocenters. The van der Waals surface area contributed by atoms with E-state index in [2.05, 4.69) is 25.6 Å². The van der Waals surface area contributed by atoms with E-state index in [-0.39, 0.29) is 45.2 Å². The van der Waals surface area contributed by atoms with Gasteiger partial charge in [0.15, 0.2) is 14.9 Å². The lowest BCUT2D eigenvalue weighted by Crippen LogP contribution is -2.25. The number of aliphatic carboxylic acids is 1. The van der Waals surface area contributed by atoms with E-state index in [1.54, 1.807) is 31.2 Å². The average Bonchev–Trinajstić information content (AvgIpc) is 2.82. The van der Waals surface area contributed by atoms with E-state index < -0.39 is 27.6 Å². The van der Waals surface area contributed by atoms with Crippen LogP contribution in [0.1, 0.15) is 29.3 Å². The number of amides is 1. The monoisotopic (exact) mass is 551 g/mol. The van der Waals surface area contributed by atoms with Gasteiger partial charge in [-0.2, -0.15) is 0 Å². The van der Waals surface area contributed by atoms with E-state index >= 15 is 0 Å². The summed E-state index contributed by atoms with van der Waals surface area (Å²) in [6.45, 7) is 1.76. The van der Waals surface area contributed by atoms with Crippen molar-refractivity contribution in [2.75, 3.05) is 22.9 Å². The summed E-state index contributed by atoms with van der Waals surface area (Å²) < 4.78 is 24.5. The van der Waals surface area contributed by atoms with Crippen molar-refractivity contribution in [3.8, 4) is 0 Å². The number of hydrogen-bond donors (Lipinski definition) is 3. The lowest BCUT2D eigenvalue weighted by Gasteiger charge is -2.15. The Bertz CT molecular complexity index is 1330. The quantitative estimate of drug-likeness (QED) is 0.300. The molecule has 0 saturated carbocycles. The second-order valence-corrected chi connectivity index (χ2v) is 10.7. The minimum absolute atomic E-state index is 0.0111. The Morgan fingerprint density at radius 2 is 1.75 bits per heavy atom. The highest BCUT2D eigenvalue weighted by Crippen LogP contribution is 2.24. The number of benzene rings is 1. The van der Waals surface area contributed by atoms with Crippen molar-refractivity contribution in [3.05, 3.63) is 70.2 Å². The van der Waals surface area contributed by atoms with Crippen molar-refractivity contribution in [1.29, 1.82) is 0 Å². The van der Waals surface area contributed by atoms with Crippen LogP contribution in [-0.4, -0.2) is 52.7 Å². The van der Waals surface area contributed by atoms with E-state index in [1.807, 2.05) is 0 Å². The number of carboxylic acids is 1. The second-order valence-electron chi connectivity index (χ2n) is 7.81. The van der Waals surface area contributed by atoms with Gasteiger partial charge in [-0.1, -0.05) is 42.3 Å². The number of sulfone groups is 1. The topological polar surface area (TPSA) is 151 Å². The summed E-state index contributed by atoms with van der Waals surface area (Å²) >= 11 is 12.0. The molecular weight excluding hydrogens is 529 g/mol. The molecule has 1 unspecified atom stereocenters. The normalized spacial score (nSPS) is 12.1. The molecule has 0 bridgehead atoms. The highest BCUT2D eigenvalue weighted by molar-refractivity contribution is 7.91. The molecule has 1 amide bonds. The molecule has 36 heavy (non-hydrogen) atoms. The van der Waals surface area contributed by atoms with Crippen LogP contribution in [0.4, 0.5) is 11.5 Å². The van der Waals surface area contributed by atoms with Gasteiger partial charge in [0.1, 0.15) is 12.1 Å². The fourth-order valence-corrected chi connectivity index (χ4v) is 5.07. The van der Waals surface area contributed by atoms with Crippen molar-refractivity contribution < 1.29 is 23.1 Å². The Morgan fingerprint density at radius 3 is 2.36 bits per heavy atom. The third-order valence-corrected chi connectivity index (χ3v) is 7.47. The molecule has 0 radical (unpaired) electrons. The minimum Gasteiger partial charge on any atom is -0.481 e. The van der Waals surface area contributed by atoms with Crippen LogP contribution in [0, 0.1) is 5.92 Å². The van der Waals surface area contributed by atoms with Crippen molar-refractivity contribution in [1.82, 2.24) is 15.0 Å². The maximum Gasteiger partial charge on any atom is 0.308 e. The number of aromatic nitrogens is 3. The summed E-state index contributed by atoms with van der Waals surface area (Å²) in [6, 6.07) is 7.96. The van der Waals surface area contributed by atoms with Gasteiger partial charge >= 0.3 is 5.97 Å². The first-order valence-electron chi connectivity index (χ1n) is 10.8. The number of nitrogens with one attached hydrogen (secondary N) is 2. The minimum atomic E-state index is -3.53. The van der Waals surface area contributed by atoms with Crippen molar-refractivity contribution in [2.24, 2.45) is 5.92 Å². The molecule has 0 spiro atoms. The first-order chi connectivity index (χ1) is 17.1. The van der Waals surface area contributed by atoms with Crippen molar-refractivity contribution >= 4 is 56.4 Å². The molecule has 0 saturated heterocycles. The van der Waals surface area contributed by atoms with E-state index in [0.717, 1.165) is 11.9 Å². The second kappa shape index (κ2) is 12.1. The molecule has 13 heteroatoms. The van der Waals surface area contributed by atoms with Crippen LogP contribution in [0.25, 0.3) is 0 Å². The van der Waals surface area contributed by atoms with Gasteiger partial charge < -0.3 is 15.7 Å². The molecule has 1 aromatic carbocycles. The highest BCUT2D eigenvalue weighted by Gasteiger charge is 2.20. The summed E-state index contributed by atoms with van der Waals surface area (Å²) in [4.78, 5) is 35.9. The molecule has 0 aliphatic rings. The van der Waals surface area contributed by atoms with Crippen molar-refractivity contribution in [3.63, 3.8) is 0 Å². The van der Waals surface area contributed by atoms with Crippen LogP contribution in [0.2, 0.25) is 10.0 Å². The first-order valence-corrected chi connectivity index (χ1v) is 13.2. The number of carboxylic acid groups (broad SMARTS) is 1. The molecule has 3 N–H and O–H groups in total. The number of halogens is 2. The number of carbonyl (C=O) groups is 2. The predicted octanol–water partition coefficient (Wildman–Crippen LogP) is 3.97. The van der Waals surface area contributed by atoms with Crippen LogP contribution >= 0.6 is 23.2 Å². The molecule has 0 fully saturated rings. The van der Waals surface area contributed by atoms with Crippen LogP contribution in [0.5, 0.6) is 0 Å². The van der Waals surface area contributed by atoms with Crippen LogP contribution in [-0.2, 0) is 21.1 Å². The molecule has 3 rings (SSSR count). The molecule has 0 aliphatic carbocycles. The Balaban J connectivity index is 1.64. The number of nitrogens with zero attached hydrogens (tertiary/aromatic N) is 3. The molecule has 2 aromatic heterocycles. The van der Waals surface area contributed by atoms with Gasteiger partial charge in [0.25, 0.3) is 5.91 Å². The molecule has 0 aliphatic heterocycles. The summed E-state index contributed by atoms with van der Waals surface area (Å²) in [5.74, 6) is -2.18. The fraction of sp³-hybridized carbons (Fsp3) is 0.261. The maximum absolute atomic E-state index is 12.5. The largest absolute Gasteiger partial charge is 0.481 e. The summed E-state index contributed by atoms with van der Waals surface area (Å²) in [7, 11) is -3.53. The van der Waals surface area contributed by atoms with E-state index in [0.29, 0.717) is 12.1 Å². The standard InChI is InChI=1S/C23H23Cl2N5O5S/c1-2-7-36(34,35)20-9-19(28-13-29-20)27-10-15(23(32)33)8-14-3-5-16(6-4-14)30-22(31)21-17(24)11-26-12-18(21)25/h3-6,9,11-13,15H,2,7-8,10H2,1H3,(H,30,31)(H,32,33)(H,27,28,29). The summed E-state index contributed by atoms with van der Waals surface area (Å²) in [5, 5.41) is 15.4. The predicted molar refractivity (Wildman–Crippen MR) is 136 cm³/mol. The van der Waals surface area contributed by atoms with Gasteiger partial charge in [-0.15, -0.1) is 0 Å². The molecular formula is C23H23Cl2N5O5S. The van der Waals surface area contributed by atoms with Crippen molar-refractivity contribution in [2.45, 2.75) is 24.8 Å².